The van der Waals surface area contributed by atoms with Crippen LogP contribution in [0.15, 0.2) is 22.8 Å². The van der Waals surface area contributed by atoms with E-state index in [2.05, 4.69) is 31.7 Å². The molecular weight excluding hydrogens is 224 g/mol. The van der Waals surface area contributed by atoms with Crippen LogP contribution in [0.2, 0.25) is 0 Å². The number of rotatable bonds is 7. The van der Waals surface area contributed by atoms with E-state index in [1.807, 2.05) is 6.07 Å². The van der Waals surface area contributed by atoms with Gasteiger partial charge in [-0.25, -0.2) is 0 Å². The van der Waals surface area contributed by atoms with Gasteiger partial charge in [0.1, 0.15) is 5.76 Å². The molecule has 2 rings (SSSR count). The zero-order valence-electron chi connectivity index (χ0n) is 11.9. The second kappa shape index (κ2) is 5.45. The summed E-state index contributed by atoms with van der Waals surface area (Å²) in [5, 5.41) is 0. The maximum atomic E-state index is 6.08. The van der Waals surface area contributed by atoms with E-state index >= 15 is 0 Å². The van der Waals surface area contributed by atoms with E-state index in [0.717, 1.165) is 18.7 Å². The van der Waals surface area contributed by atoms with Crippen molar-refractivity contribution in [1.82, 2.24) is 4.90 Å². The molecule has 0 spiro atoms. The van der Waals surface area contributed by atoms with Crippen molar-refractivity contribution >= 4 is 0 Å². The molecule has 1 aromatic rings. The van der Waals surface area contributed by atoms with Gasteiger partial charge in [-0.05, 0) is 44.2 Å². The normalized spacial score (nSPS) is 19.4. The van der Waals surface area contributed by atoms with Crippen molar-refractivity contribution in [3.63, 3.8) is 0 Å². The van der Waals surface area contributed by atoms with E-state index in [4.69, 9.17) is 10.2 Å². The van der Waals surface area contributed by atoms with Gasteiger partial charge in [0.2, 0.25) is 0 Å². The Morgan fingerprint density at radius 2 is 2.22 bits per heavy atom. The lowest BCUT2D eigenvalue weighted by Gasteiger charge is -2.42. The van der Waals surface area contributed by atoms with E-state index in [-0.39, 0.29) is 5.54 Å². The molecule has 1 aliphatic carbocycles. The van der Waals surface area contributed by atoms with Crippen LogP contribution in [0.25, 0.3) is 0 Å². The van der Waals surface area contributed by atoms with Gasteiger partial charge in [0, 0.05) is 18.1 Å². The van der Waals surface area contributed by atoms with Crippen LogP contribution in [0.5, 0.6) is 0 Å². The fourth-order valence-electron chi connectivity index (χ4n) is 2.91. The Bertz CT molecular complexity index is 357. The van der Waals surface area contributed by atoms with E-state index in [1.165, 1.54) is 12.8 Å². The lowest BCUT2D eigenvalue weighted by atomic mass is 9.88. The third-order valence-corrected chi connectivity index (χ3v) is 3.88. The first-order valence-corrected chi connectivity index (χ1v) is 7.04. The summed E-state index contributed by atoms with van der Waals surface area (Å²) in [6.45, 7) is 8.44. The van der Waals surface area contributed by atoms with Gasteiger partial charge in [-0.2, -0.15) is 0 Å². The summed E-state index contributed by atoms with van der Waals surface area (Å²) in [5.74, 6) is 1.71. The van der Waals surface area contributed by atoms with E-state index < -0.39 is 0 Å². The summed E-state index contributed by atoms with van der Waals surface area (Å²) < 4.78 is 5.50. The highest BCUT2D eigenvalue weighted by molar-refractivity contribution is 5.04. The highest BCUT2D eigenvalue weighted by Crippen LogP contribution is 2.36. The monoisotopic (exact) mass is 250 g/mol. The lowest BCUT2D eigenvalue weighted by molar-refractivity contribution is 0.0651. The van der Waals surface area contributed by atoms with Gasteiger partial charge >= 0.3 is 0 Å². The SMILES string of the molecule is CC(C)CC(C)(CN)N(Cc1ccco1)C1CC1. The molecule has 1 saturated carbocycles. The van der Waals surface area contributed by atoms with Crippen molar-refractivity contribution in [3.05, 3.63) is 24.2 Å². The van der Waals surface area contributed by atoms with Gasteiger partial charge < -0.3 is 10.2 Å². The van der Waals surface area contributed by atoms with Crippen LogP contribution in [0.4, 0.5) is 0 Å². The van der Waals surface area contributed by atoms with Gasteiger partial charge in [0.15, 0.2) is 0 Å². The molecule has 1 unspecified atom stereocenters. The Morgan fingerprint density at radius 1 is 1.50 bits per heavy atom. The van der Waals surface area contributed by atoms with Crippen molar-refractivity contribution in [1.29, 1.82) is 0 Å². The first-order valence-electron chi connectivity index (χ1n) is 7.04. The minimum atomic E-state index is 0.0854. The molecule has 0 aromatic carbocycles. The summed E-state index contributed by atoms with van der Waals surface area (Å²) in [6, 6.07) is 4.71. The number of hydrogen-bond donors (Lipinski definition) is 1. The molecule has 102 valence electrons. The van der Waals surface area contributed by atoms with E-state index in [1.54, 1.807) is 6.26 Å². The Labute approximate surface area is 110 Å². The average molecular weight is 250 g/mol. The van der Waals surface area contributed by atoms with Crippen molar-refractivity contribution in [2.75, 3.05) is 6.54 Å². The molecule has 2 N–H and O–H groups in total. The molecule has 18 heavy (non-hydrogen) atoms. The Kier molecular flexibility index (Phi) is 4.13. The van der Waals surface area contributed by atoms with Crippen LogP contribution in [-0.4, -0.2) is 23.0 Å². The predicted octanol–water partition coefficient (Wildman–Crippen LogP) is 3.01. The molecular formula is C15H26N2O. The van der Waals surface area contributed by atoms with E-state index in [9.17, 15) is 0 Å². The van der Waals surface area contributed by atoms with Gasteiger partial charge in [-0.15, -0.1) is 0 Å². The molecule has 3 heteroatoms. The van der Waals surface area contributed by atoms with Crippen LogP contribution in [0.1, 0.15) is 45.8 Å². The molecule has 0 radical (unpaired) electrons. The van der Waals surface area contributed by atoms with Crippen LogP contribution >= 0.6 is 0 Å². The Balaban J connectivity index is 2.11. The molecule has 1 aliphatic rings. The van der Waals surface area contributed by atoms with Crippen LogP contribution in [0.3, 0.4) is 0 Å². The van der Waals surface area contributed by atoms with E-state index in [0.29, 0.717) is 18.5 Å². The minimum Gasteiger partial charge on any atom is -0.468 e. The van der Waals surface area contributed by atoms with Gasteiger partial charge in [-0.3, -0.25) is 4.90 Å². The second-order valence-electron chi connectivity index (χ2n) is 6.24. The maximum Gasteiger partial charge on any atom is 0.117 e. The summed E-state index contributed by atoms with van der Waals surface area (Å²) in [5.41, 5.74) is 6.16. The van der Waals surface area contributed by atoms with Crippen LogP contribution in [-0.2, 0) is 6.54 Å². The Hall–Kier alpha value is -0.800. The summed E-state index contributed by atoms with van der Waals surface area (Å²) >= 11 is 0. The van der Waals surface area contributed by atoms with Crippen LogP contribution < -0.4 is 5.73 Å². The molecule has 3 nitrogen and oxygen atoms in total. The highest BCUT2D eigenvalue weighted by atomic mass is 16.3. The van der Waals surface area contributed by atoms with Crippen LogP contribution in [0, 0.1) is 5.92 Å². The molecule has 1 fully saturated rings. The fourth-order valence-corrected chi connectivity index (χ4v) is 2.91. The first-order chi connectivity index (χ1) is 8.55. The quantitative estimate of drug-likeness (QED) is 0.809. The molecule has 1 atom stereocenters. The molecule has 1 aromatic heterocycles. The molecule has 1 heterocycles. The van der Waals surface area contributed by atoms with Crippen molar-refractivity contribution in [2.45, 2.75) is 58.2 Å². The zero-order valence-corrected chi connectivity index (χ0v) is 11.9. The smallest absolute Gasteiger partial charge is 0.117 e. The third kappa shape index (κ3) is 3.15. The topological polar surface area (TPSA) is 42.4 Å². The standard InChI is InChI=1S/C15H26N2O/c1-12(2)9-15(3,11-16)17(13-6-7-13)10-14-5-4-8-18-14/h4-5,8,12-13H,6-7,9-11,16H2,1-3H3. The number of hydrogen-bond acceptors (Lipinski definition) is 3. The van der Waals surface area contributed by atoms with Crippen molar-refractivity contribution in [3.8, 4) is 0 Å². The van der Waals surface area contributed by atoms with Gasteiger partial charge in [0.25, 0.3) is 0 Å². The first kappa shape index (κ1) is 13.6. The Morgan fingerprint density at radius 3 is 2.67 bits per heavy atom. The van der Waals surface area contributed by atoms with Crippen molar-refractivity contribution < 1.29 is 4.42 Å². The second-order valence-corrected chi connectivity index (χ2v) is 6.24. The summed E-state index contributed by atoms with van der Waals surface area (Å²) in [6.07, 6.45) is 5.49. The minimum absolute atomic E-state index is 0.0854. The number of nitrogens with zero attached hydrogens (tertiary/aromatic N) is 1. The number of nitrogens with two attached hydrogens (primary N) is 1. The summed E-state index contributed by atoms with van der Waals surface area (Å²) in [7, 11) is 0. The van der Waals surface area contributed by atoms with Crippen molar-refractivity contribution in [2.24, 2.45) is 11.7 Å². The zero-order chi connectivity index (χ0) is 13.2. The van der Waals surface area contributed by atoms with Gasteiger partial charge in [-0.1, -0.05) is 13.8 Å². The predicted molar refractivity (Wildman–Crippen MR) is 74.2 cm³/mol. The molecule has 0 saturated heterocycles. The van der Waals surface area contributed by atoms with Gasteiger partial charge in [0.05, 0.1) is 12.8 Å². The third-order valence-electron chi connectivity index (χ3n) is 3.88. The highest BCUT2D eigenvalue weighted by Gasteiger charge is 2.41. The largest absolute Gasteiger partial charge is 0.468 e. The molecule has 0 bridgehead atoms. The molecule has 0 amide bonds. The maximum absolute atomic E-state index is 6.08. The number of furan rings is 1. The molecule has 0 aliphatic heterocycles. The summed E-state index contributed by atoms with van der Waals surface area (Å²) in [4.78, 5) is 2.56. The lowest BCUT2D eigenvalue weighted by Crippen LogP contribution is -2.53. The average Bonchev–Trinajstić information content (AvgIpc) is 3.02. The fraction of sp³-hybridized carbons (Fsp3) is 0.733.